The Labute approximate surface area is 469 Å². The van der Waals surface area contributed by atoms with Crippen molar-refractivity contribution in [3.8, 4) is 0 Å². The average Bonchev–Trinajstić information content (AvgIpc) is 4.08. The van der Waals surface area contributed by atoms with Gasteiger partial charge in [-0.3, -0.25) is 53.5 Å². The molecule has 4 rings (SSSR count). The van der Waals surface area contributed by atoms with Crippen molar-refractivity contribution in [2.45, 2.75) is 89.4 Å². The molecule has 29 heteroatoms. The summed E-state index contributed by atoms with van der Waals surface area (Å²) in [5.74, 6) is -7.29. The van der Waals surface area contributed by atoms with Crippen molar-refractivity contribution >= 4 is 110 Å². The molecule has 4 aromatic rings. The summed E-state index contributed by atoms with van der Waals surface area (Å²) in [6.07, 6.45) is 1.58. The number of para-hydroxylation sites is 2. The first-order valence-corrected chi connectivity index (χ1v) is 27.5. The molecule has 27 nitrogen and oxygen atoms in total. The number of carbonyl (C=O) groups excluding carboxylic acids is 10. The molecule has 80 heavy (non-hydrogen) atoms. The van der Waals surface area contributed by atoms with Gasteiger partial charge in [0.2, 0.25) is 35.9 Å². The van der Waals surface area contributed by atoms with Crippen LogP contribution in [-0.2, 0) is 60.7 Å². The van der Waals surface area contributed by atoms with Crippen LogP contribution in [-0.4, -0.2) is 190 Å². The number of fused-ring (bicyclic) bond motifs is 2. The monoisotopic (exact) mass is 1150 g/mol. The van der Waals surface area contributed by atoms with E-state index >= 15 is 0 Å². The minimum Gasteiger partial charge on any atom is -0.481 e. The van der Waals surface area contributed by atoms with Gasteiger partial charge in [-0.15, -0.1) is 11.7 Å². The lowest BCUT2D eigenvalue weighted by Gasteiger charge is -2.29. The number of unbranched alkanes of at least 4 members (excludes halogenated alkanes) is 1. The second kappa shape index (κ2) is 33.1. The molecule has 0 unspecified atom stereocenters. The second-order valence-corrected chi connectivity index (χ2v) is 19.9. The number of aromatic nitrogens is 2. The first kappa shape index (κ1) is 65.0. The van der Waals surface area contributed by atoms with E-state index in [0.29, 0.717) is 67.1 Å². The summed E-state index contributed by atoms with van der Waals surface area (Å²) in [6.45, 7) is 4.64. The van der Waals surface area contributed by atoms with Crippen molar-refractivity contribution in [2.24, 2.45) is 11.7 Å². The number of urea groups is 3. The third-order valence-electron chi connectivity index (χ3n) is 11.9. The fourth-order valence-electron chi connectivity index (χ4n) is 7.88. The average molecular weight is 1160 g/mol. The highest BCUT2D eigenvalue weighted by molar-refractivity contribution is 8.69. The maximum Gasteiger partial charge on any atom is 0.334 e. The van der Waals surface area contributed by atoms with Crippen molar-refractivity contribution in [1.82, 2.24) is 56.6 Å². The van der Waals surface area contributed by atoms with Gasteiger partial charge >= 0.3 is 24.1 Å². The number of nitrogens with one attached hydrogen (secondary N) is 8. The largest absolute Gasteiger partial charge is 0.481 e. The van der Waals surface area contributed by atoms with Crippen LogP contribution >= 0.6 is 22.5 Å². The molecular weight excluding hydrogens is 1080 g/mol. The van der Waals surface area contributed by atoms with Gasteiger partial charge in [-0.25, -0.2) is 19.3 Å². The summed E-state index contributed by atoms with van der Waals surface area (Å²) in [4.78, 5) is 154. The predicted molar refractivity (Wildman–Crippen MR) is 296 cm³/mol. The van der Waals surface area contributed by atoms with Gasteiger partial charge in [-0.1, -0.05) is 74.4 Å². The number of benzene rings is 2. The lowest BCUT2D eigenvalue weighted by molar-refractivity contribution is -0.137. The summed E-state index contributed by atoms with van der Waals surface area (Å²) in [5, 5.41) is 34.1. The Morgan fingerprint density at radius 3 is 1.85 bits per heavy atom. The van der Waals surface area contributed by atoms with E-state index in [9.17, 15) is 57.8 Å². The molecule has 13 amide bonds. The van der Waals surface area contributed by atoms with Crippen molar-refractivity contribution in [2.75, 3.05) is 59.2 Å². The van der Waals surface area contributed by atoms with Crippen LogP contribution in [0.1, 0.15) is 58.1 Å². The number of hydrogen-bond donors (Lipinski definition) is 12. The number of aromatic amines is 2. The van der Waals surface area contributed by atoms with Crippen LogP contribution in [0.5, 0.6) is 0 Å². The first-order chi connectivity index (χ1) is 38.2. The highest BCUT2D eigenvalue weighted by atomic mass is 33.1. The molecule has 0 spiro atoms. The molecule has 0 aliphatic heterocycles. The summed E-state index contributed by atoms with van der Waals surface area (Å²) >= 11 is 4.20. The number of aliphatic hydroxyl groups excluding tert-OH is 1. The zero-order valence-corrected chi connectivity index (χ0v) is 46.4. The molecule has 0 radical (unpaired) electrons. The Morgan fingerprint density at radius 2 is 1.31 bits per heavy atom. The highest BCUT2D eigenvalue weighted by Crippen LogP contribution is 2.22. The first-order valence-electron chi connectivity index (χ1n) is 25.6. The number of ether oxygens (including phenoxy) is 2. The van der Waals surface area contributed by atoms with Gasteiger partial charge in [-0.05, 0) is 42.5 Å². The van der Waals surface area contributed by atoms with E-state index < -0.39 is 121 Å². The molecule has 0 saturated heterocycles. The van der Waals surface area contributed by atoms with Crippen LogP contribution in [0.15, 0.2) is 60.9 Å². The Bertz CT molecular complexity index is 2790. The van der Waals surface area contributed by atoms with E-state index in [1.54, 1.807) is 63.5 Å². The van der Waals surface area contributed by atoms with E-state index in [-0.39, 0.29) is 52.0 Å². The number of carbonyl (C=O) groups is 11. The number of imide groups is 4. The third kappa shape index (κ3) is 20.0. The molecular formula is C51H70N12O15S2. The standard InChI is InChI=1S/C51H70N12O15S2/c1-5-6-17-62(51(76)61(29-64)18-15-42(68)69)49(74)60-50(75)63(27-30(2)3)48(73)47(80-79)59-45(71)39(23-33-25-54-37-14-10-8-12-35(33)37)56-40(66)26-55-46(72)43(31(4)65)58-44(70)38(57-41(67)28-78-21-20-77-19-16-52)22-32-24-53-36-13-9-7-11-34(32)36/h7-14,24-25,29-31,38-39,43,47,53-54,65,79H,5-6,15-23,26-28,52H2,1-4H3,(H,55,72)(H,56,66)(H,57,67)(H,58,70)(H,59,71)(H,68,69)(H,60,74,75)/t31-,38+,39+,43+,47+/m1/s1. The zero-order chi connectivity index (χ0) is 58.9. The van der Waals surface area contributed by atoms with Crippen LogP contribution in [0, 0.1) is 5.92 Å². The third-order valence-corrected chi connectivity index (χ3v) is 13.0. The van der Waals surface area contributed by atoms with Gasteiger partial charge in [0.15, 0.2) is 5.37 Å². The number of H-pyrrole nitrogens is 2. The van der Waals surface area contributed by atoms with E-state index in [4.69, 9.17) is 20.3 Å². The number of amides is 13. The SMILES string of the molecule is CCCCN(C(=O)NC(=O)N(CC(C)C)C(=O)[C@@H](NC(=O)[C@H](Cc1c[nH]c2ccccc12)NC(=O)CNC(=O)[C@@H](NC(=O)[C@H](Cc1c[nH]c2ccccc12)NC(=O)COCCOCCN)[C@@H](C)O)SS)C(=O)N(C=O)CCC(=O)O. The number of aliphatic carboxylic acids is 1. The normalized spacial score (nSPS) is 13.0. The van der Waals surface area contributed by atoms with Gasteiger partial charge in [0.25, 0.3) is 5.91 Å². The minimum atomic E-state index is -1.67. The van der Waals surface area contributed by atoms with Gasteiger partial charge < -0.3 is 62.0 Å². The van der Waals surface area contributed by atoms with Crippen LogP contribution in [0.4, 0.5) is 14.4 Å². The molecule has 0 aliphatic carbocycles. The van der Waals surface area contributed by atoms with Crippen molar-refractivity contribution in [3.63, 3.8) is 0 Å². The molecule has 2 aromatic heterocycles. The molecule has 0 aliphatic rings. The highest BCUT2D eigenvalue weighted by Gasteiger charge is 2.36. The number of carboxylic acids is 1. The van der Waals surface area contributed by atoms with Crippen molar-refractivity contribution in [1.29, 1.82) is 0 Å². The lowest BCUT2D eigenvalue weighted by atomic mass is 10.0. The number of nitrogens with zero attached hydrogens (tertiary/aromatic N) is 3. The molecule has 0 fully saturated rings. The molecule has 12 N–H and O–H groups in total. The number of aliphatic hydroxyl groups is 1. The summed E-state index contributed by atoms with van der Waals surface area (Å²) < 4.78 is 10.6. The smallest absolute Gasteiger partial charge is 0.334 e. The molecule has 0 bridgehead atoms. The molecule has 0 saturated carbocycles. The number of nitrogens with two attached hydrogens (primary N) is 1. The zero-order valence-electron chi connectivity index (χ0n) is 44.7. The Morgan fingerprint density at radius 1 is 0.750 bits per heavy atom. The van der Waals surface area contributed by atoms with E-state index in [1.807, 2.05) is 23.5 Å². The molecule has 2 aromatic carbocycles. The topological polar surface area (TPSA) is 386 Å². The maximum atomic E-state index is 14.3. The van der Waals surface area contributed by atoms with Gasteiger partial charge in [0.1, 0.15) is 24.7 Å². The molecule has 2 heterocycles. The van der Waals surface area contributed by atoms with Crippen molar-refractivity contribution in [3.05, 3.63) is 72.1 Å². The number of thiol groups is 1. The van der Waals surface area contributed by atoms with Crippen LogP contribution in [0.3, 0.4) is 0 Å². The van der Waals surface area contributed by atoms with Crippen LogP contribution < -0.4 is 37.6 Å². The van der Waals surface area contributed by atoms with Gasteiger partial charge in [0.05, 0.1) is 38.9 Å². The van der Waals surface area contributed by atoms with Crippen LogP contribution in [0.25, 0.3) is 21.8 Å². The van der Waals surface area contributed by atoms with E-state index in [2.05, 4.69) is 48.2 Å². The van der Waals surface area contributed by atoms with E-state index in [1.165, 1.54) is 6.92 Å². The van der Waals surface area contributed by atoms with Crippen molar-refractivity contribution < 1.29 is 72.4 Å². The molecule has 5 atom stereocenters. The van der Waals surface area contributed by atoms with E-state index in [0.717, 1.165) is 10.9 Å². The van der Waals surface area contributed by atoms with Gasteiger partial charge in [-0.2, -0.15) is 0 Å². The quantitative estimate of drug-likeness (QED) is 0.0106. The minimum absolute atomic E-state index is 0.0443. The Balaban J connectivity index is 1.52. The Kier molecular flexibility index (Phi) is 26.9. The predicted octanol–water partition coefficient (Wildman–Crippen LogP) is 0.867. The van der Waals surface area contributed by atoms with Gasteiger partial charge in [0, 0.05) is 73.2 Å². The van der Waals surface area contributed by atoms with Crippen LogP contribution in [0.2, 0.25) is 0 Å². The number of hydrogen-bond acceptors (Lipinski definition) is 17. The fraction of sp³-hybridized carbons (Fsp3) is 0.471. The summed E-state index contributed by atoms with van der Waals surface area (Å²) in [7, 11) is 0.494. The maximum absolute atomic E-state index is 14.3. The summed E-state index contributed by atoms with van der Waals surface area (Å²) in [6, 6.07) is 5.98. The lowest BCUT2D eigenvalue weighted by Crippen LogP contribution is -2.59. The number of carboxylic acid groups (broad SMARTS) is 1. The summed E-state index contributed by atoms with van der Waals surface area (Å²) in [5.41, 5.74) is 8.06. The second-order valence-electron chi connectivity index (χ2n) is 18.6. The molecule has 436 valence electrons. The number of rotatable bonds is 32. The fourth-order valence-corrected chi connectivity index (χ4v) is 8.69. The Hall–Kier alpha value is -7.57.